The molecular weight excluding hydrogens is 228 g/mol. The van der Waals surface area contributed by atoms with Crippen LogP contribution in [0.1, 0.15) is 44.4 Å². The average Bonchev–Trinajstić information content (AvgIpc) is 2.47. The third-order valence-electron chi connectivity index (χ3n) is 3.99. The minimum absolute atomic E-state index is 0.0453. The van der Waals surface area contributed by atoms with Crippen LogP contribution in [0.15, 0.2) is 60.7 Å². The first-order valence-corrected chi connectivity index (χ1v) is 6.85. The molecule has 19 heavy (non-hydrogen) atoms. The van der Waals surface area contributed by atoms with Crippen molar-refractivity contribution in [3.05, 3.63) is 77.4 Å². The highest BCUT2D eigenvalue weighted by atomic mass is 14.3. The van der Waals surface area contributed by atoms with Gasteiger partial charge in [0.15, 0.2) is 0 Å². The summed E-state index contributed by atoms with van der Waals surface area (Å²) in [5.74, 6) is 0. The van der Waals surface area contributed by atoms with Gasteiger partial charge in [0, 0.05) is 5.41 Å². The fourth-order valence-corrected chi connectivity index (χ4v) is 2.34. The quantitative estimate of drug-likeness (QED) is 0.681. The molecule has 0 aromatic heterocycles. The van der Waals surface area contributed by atoms with Crippen molar-refractivity contribution >= 4 is 5.57 Å². The highest BCUT2D eigenvalue weighted by molar-refractivity contribution is 5.63. The molecule has 0 heterocycles. The second kappa shape index (κ2) is 5.44. The SMILES string of the molecule is CC=C(C)c1ccc(C(C)(C)c2ccccc2)cc1. The Kier molecular flexibility index (Phi) is 3.90. The van der Waals surface area contributed by atoms with Crippen LogP contribution in [0, 0.1) is 0 Å². The average molecular weight is 250 g/mol. The molecule has 0 heteroatoms. The molecule has 0 aliphatic heterocycles. The summed E-state index contributed by atoms with van der Waals surface area (Å²) < 4.78 is 0. The van der Waals surface area contributed by atoms with Gasteiger partial charge in [0.2, 0.25) is 0 Å². The van der Waals surface area contributed by atoms with E-state index in [1.54, 1.807) is 0 Å². The van der Waals surface area contributed by atoms with Crippen LogP contribution in [-0.2, 0) is 5.41 Å². The summed E-state index contributed by atoms with van der Waals surface area (Å²) in [6, 6.07) is 19.6. The maximum Gasteiger partial charge on any atom is 0.0146 e. The van der Waals surface area contributed by atoms with Crippen molar-refractivity contribution in [3.8, 4) is 0 Å². The lowest BCUT2D eigenvalue weighted by molar-refractivity contribution is 0.641. The van der Waals surface area contributed by atoms with E-state index in [-0.39, 0.29) is 5.41 Å². The van der Waals surface area contributed by atoms with E-state index in [0.29, 0.717) is 0 Å². The molecule has 0 fully saturated rings. The number of hydrogen-bond acceptors (Lipinski definition) is 0. The van der Waals surface area contributed by atoms with Gasteiger partial charge in [0.05, 0.1) is 0 Å². The van der Waals surface area contributed by atoms with Crippen molar-refractivity contribution in [3.63, 3.8) is 0 Å². The molecule has 0 N–H and O–H groups in total. The summed E-state index contributed by atoms with van der Waals surface area (Å²) in [4.78, 5) is 0. The predicted molar refractivity (Wildman–Crippen MR) is 84.3 cm³/mol. The lowest BCUT2D eigenvalue weighted by atomic mass is 9.78. The Labute approximate surface area is 116 Å². The molecule has 2 aromatic carbocycles. The molecule has 0 aliphatic carbocycles. The first-order chi connectivity index (χ1) is 9.05. The number of hydrogen-bond donors (Lipinski definition) is 0. The fraction of sp³-hybridized carbons (Fsp3) is 0.263. The van der Waals surface area contributed by atoms with Gasteiger partial charge >= 0.3 is 0 Å². The van der Waals surface area contributed by atoms with Crippen molar-refractivity contribution in [1.82, 2.24) is 0 Å². The van der Waals surface area contributed by atoms with Crippen LogP contribution in [-0.4, -0.2) is 0 Å². The monoisotopic (exact) mass is 250 g/mol. The lowest BCUT2D eigenvalue weighted by Crippen LogP contribution is -2.18. The van der Waals surface area contributed by atoms with Gasteiger partial charge in [0.1, 0.15) is 0 Å². The summed E-state index contributed by atoms with van der Waals surface area (Å²) in [5.41, 5.74) is 5.37. The Balaban J connectivity index is 2.37. The molecule has 0 saturated heterocycles. The van der Waals surface area contributed by atoms with E-state index >= 15 is 0 Å². The zero-order valence-corrected chi connectivity index (χ0v) is 12.3. The molecule has 0 aliphatic rings. The van der Waals surface area contributed by atoms with Gasteiger partial charge in [-0.15, -0.1) is 0 Å². The van der Waals surface area contributed by atoms with Gasteiger partial charge in [-0.05, 0) is 36.1 Å². The fourth-order valence-electron chi connectivity index (χ4n) is 2.34. The molecule has 0 unspecified atom stereocenters. The minimum Gasteiger partial charge on any atom is -0.0841 e. The van der Waals surface area contributed by atoms with Crippen molar-refractivity contribution in [2.45, 2.75) is 33.1 Å². The second-order valence-corrected chi connectivity index (χ2v) is 5.54. The third-order valence-corrected chi connectivity index (χ3v) is 3.99. The topological polar surface area (TPSA) is 0 Å². The molecule has 98 valence electrons. The first-order valence-electron chi connectivity index (χ1n) is 6.85. The molecule has 2 aromatic rings. The zero-order valence-electron chi connectivity index (χ0n) is 12.3. The van der Waals surface area contributed by atoms with E-state index in [0.717, 1.165) is 0 Å². The zero-order chi connectivity index (χ0) is 13.9. The van der Waals surface area contributed by atoms with Gasteiger partial charge in [-0.3, -0.25) is 0 Å². The van der Waals surface area contributed by atoms with Crippen LogP contribution in [0.2, 0.25) is 0 Å². The van der Waals surface area contributed by atoms with Gasteiger partial charge in [-0.1, -0.05) is 74.5 Å². The predicted octanol–water partition coefficient (Wildman–Crippen LogP) is 5.44. The Morgan fingerprint density at radius 1 is 0.842 bits per heavy atom. The standard InChI is InChI=1S/C19H22/c1-5-15(2)16-11-13-18(14-12-16)19(3,4)17-9-7-6-8-10-17/h5-14H,1-4H3. The maximum atomic E-state index is 2.28. The summed E-state index contributed by atoms with van der Waals surface area (Å²) >= 11 is 0. The van der Waals surface area contributed by atoms with Crippen LogP contribution in [0.4, 0.5) is 0 Å². The maximum absolute atomic E-state index is 2.28. The second-order valence-electron chi connectivity index (χ2n) is 5.54. The van der Waals surface area contributed by atoms with E-state index in [2.05, 4.69) is 88.4 Å². The number of rotatable bonds is 3. The van der Waals surface area contributed by atoms with Crippen LogP contribution in [0.5, 0.6) is 0 Å². The van der Waals surface area contributed by atoms with Gasteiger partial charge in [0.25, 0.3) is 0 Å². The third kappa shape index (κ3) is 2.78. The van der Waals surface area contributed by atoms with E-state index in [1.165, 1.54) is 22.3 Å². The Hall–Kier alpha value is -1.82. The minimum atomic E-state index is 0.0453. The molecule has 0 bridgehead atoms. The summed E-state index contributed by atoms with van der Waals surface area (Å²) in [5, 5.41) is 0. The molecular formula is C19H22. The molecule has 0 spiro atoms. The van der Waals surface area contributed by atoms with Crippen LogP contribution in [0.3, 0.4) is 0 Å². The molecule has 2 rings (SSSR count). The van der Waals surface area contributed by atoms with E-state index < -0.39 is 0 Å². The Morgan fingerprint density at radius 3 is 1.89 bits per heavy atom. The van der Waals surface area contributed by atoms with Crippen molar-refractivity contribution in [2.75, 3.05) is 0 Å². The number of benzene rings is 2. The summed E-state index contributed by atoms with van der Waals surface area (Å²) in [7, 11) is 0. The largest absolute Gasteiger partial charge is 0.0841 e. The first kappa shape index (κ1) is 13.6. The lowest BCUT2D eigenvalue weighted by Gasteiger charge is -2.26. The highest BCUT2D eigenvalue weighted by Crippen LogP contribution is 2.31. The van der Waals surface area contributed by atoms with Gasteiger partial charge in [-0.25, -0.2) is 0 Å². The normalized spacial score (nSPS) is 12.5. The molecule has 0 nitrogen and oxygen atoms in total. The summed E-state index contributed by atoms with van der Waals surface area (Å²) in [6.45, 7) is 8.79. The van der Waals surface area contributed by atoms with Crippen molar-refractivity contribution in [1.29, 1.82) is 0 Å². The summed E-state index contributed by atoms with van der Waals surface area (Å²) in [6.07, 6.45) is 2.15. The van der Waals surface area contributed by atoms with E-state index in [1.807, 2.05) is 0 Å². The smallest absolute Gasteiger partial charge is 0.0146 e. The van der Waals surface area contributed by atoms with Crippen LogP contribution in [0.25, 0.3) is 5.57 Å². The molecule has 0 amide bonds. The molecule has 0 saturated carbocycles. The van der Waals surface area contributed by atoms with Gasteiger partial charge in [-0.2, -0.15) is 0 Å². The van der Waals surface area contributed by atoms with Crippen molar-refractivity contribution < 1.29 is 0 Å². The van der Waals surface area contributed by atoms with E-state index in [4.69, 9.17) is 0 Å². The Bertz CT molecular complexity index is 557. The van der Waals surface area contributed by atoms with Crippen molar-refractivity contribution in [2.24, 2.45) is 0 Å². The molecule has 0 atom stereocenters. The Morgan fingerprint density at radius 2 is 1.37 bits per heavy atom. The van der Waals surface area contributed by atoms with Gasteiger partial charge < -0.3 is 0 Å². The number of allylic oxidation sites excluding steroid dienone is 2. The van der Waals surface area contributed by atoms with Crippen LogP contribution >= 0.6 is 0 Å². The van der Waals surface area contributed by atoms with E-state index in [9.17, 15) is 0 Å². The highest BCUT2D eigenvalue weighted by Gasteiger charge is 2.22. The van der Waals surface area contributed by atoms with Crippen LogP contribution < -0.4 is 0 Å². The molecule has 0 radical (unpaired) electrons.